The van der Waals surface area contributed by atoms with Gasteiger partial charge in [-0.2, -0.15) is 11.8 Å². The van der Waals surface area contributed by atoms with Gasteiger partial charge in [0.2, 0.25) is 0 Å². The molecule has 1 aromatic rings. The third-order valence-electron chi connectivity index (χ3n) is 2.85. The fraction of sp³-hybridized carbons (Fsp3) is 0.545. The Bertz CT molecular complexity index is 380. The number of amides is 1. The zero-order chi connectivity index (χ0) is 11.5. The van der Waals surface area contributed by atoms with E-state index in [9.17, 15) is 4.79 Å². The number of thioether (sulfide) groups is 1. The second-order valence-electron chi connectivity index (χ2n) is 3.94. The van der Waals surface area contributed by atoms with Crippen molar-refractivity contribution in [3.63, 3.8) is 0 Å². The minimum atomic E-state index is -0.168. The highest BCUT2D eigenvalue weighted by atomic mass is 35.5. The molecule has 2 rings (SSSR count). The van der Waals surface area contributed by atoms with E-state index in [1.807, 2.05) is 11.8 Å². The first-order valence-corrected chi connectivity index (χ1v) is 6.94. The van der Waals surface area contributed by atoms with Gasteiger partial charge in [0.05, 0.1) is 0 Å². The predicted octanol–water partition coefficient (Wildman–Crippen LogP) is 2.95. The maximum absolute atomic E-state index is 11.7. The maximum atomic E-state index is 11.7. The van der Waals surface area contributed by atoms with Gasteiger partial charge in [-0.25, -0.2) is 0 Å². The molecule has 16 heavy (non-hydrogen) atoms. The first-order valence-electron chi connectivity index (χ1n) is 5.28. The van der Waals surface area contributed by atoms with Crippen LogP contribution in [0.1, 0.15) is 29.8 Å². The van der Waals surface area contributed by atoms with Crippen molar-refractivity contribution < 1.29 is 9.21 Å². The summed E-state index contributed by atoms with van der Waals surface area (Å²) in [5.41, 5.74) is 0. The quantitative estimate of drug-likeness (QED) is 0.908. The molecule has 1 aliphatic rings. The smallest absolute Gasteiger partial charge is 0.287 e. The second-order valence-corrected chi connectivity index (χ2v) is 5.46. The molecule has 3 nitrogen and oxygen atoms in total. The van der Waals surface area contributed by atoms with Crippen molar-refractivity contribution in [2.24, 2.45) is 0 Å². The Kier molecular flexibility index (Phi) is 3.82. The van der Waals surface area contributed by atoms with Crippen LogP contribution >= 0.6 is 23.4 Å². The summed E-state index contributed by atoms with van der Waals surface area (Å²) in [5, 5.41) is 3.89. The monoisotopic (exact) mass is 259 g/mol. The van der Waals surface area contributed by atoms with E-state index in [4.69, 9.17) is 16.0 Å². The molecule has 1 N–H and O–H groups in total. The van der Waals surface area contributed by atoms with E-state index in [-0.39, 0.29) is 22.9 Å². The summed E-state index contributed by atoms with van der Waals surface area (Å²) in [7, 11) is 0. The lowest BCUT2D eigenvalue weighted by Crippen LogP contribution is -2.32. The fourth-order valence-corrected chi connectivity index (χ4v) is 2.92. The van der Waals surface area contributed by atoms with Crippen LogP contribution in [-0.4, -0.2) is 23.5 Å². The standard InChI is InChI=1S/C11H14ClNO2S/c1-16-8-3-2-7(6-8)13-11(14)9-4-5-10(12)15-9/h4-5,7-8H,2-3,6H2,1H3,(H,13,14). The van der Waals surface area contributed by atoms with Crippen molar-refractivity contribution in [1.29, 1.82) is 0 Å². The van der Waals surface area contributed by atoms with Crippen LogP contribution in [0.25, 0.3) is 0 Å². The van der Waals surface area contributed by atoms with Crippen molar-refractivity contribution in [2.45, 2.75) is 30.6 Å². The molecule has 1 fully saturated rings. The molecule has 0 radical (unpaired) electrons. The van der Waals surface area contributed by atoms with E-state index in [1.54, 1.807) is 12.1 Å². The average Bonchev–Trinajstić information content (AvgIpc) is 2.87. The molecule has 1 amide bonds. The van der Waals surface area contributed by atoms with E-state index in [0.717, 1.165) is 12.8 Å². The van der Waals surface area contributed by atoms with Gasteiger partial charge in [0.25, 0.3) is 5.91 Å². The van der Waals surface area contributed by atoms with Crippen LogP contribution in [0, 0.1) is 0 Å². The number of hydrogen-bond acceptors (Lipinski definition) is 3. The predicted molar refractivity (Wildman–Crippen MR) is 66.1 cm³/mol. The summed E-state index contributed by atoms with van der Waals surface area (Å²) in [6.45, 7) is 0. The number of halogens is 1. The van der Waals surface area contributed by atoms with Gasteiger partial charge in [0.1, 0.15) is 0 Å². The molecule has 0 bridgehead atoms. The van der Waals surface area contributed by atoms with Gasteiger partial charge in [-0.1, -0.05) is 0 Å². The van der Waals surface area contributed by atoms with Gasteiger partial charge in [-0.05, 0) is 49.3 Å². The summed E-state index contributed by atoms with van der Waals surface area (Å²) < 4.78 is 5.06. The molecule has 88 valence electrons. The molecule has 5 heteroatoms. The highest BCUT2D eigenvalue weighted by Gasteiger charge is 2.26. The molecular weight excluding hydrogens is 246 g/mol. The lowest BCUT2D eigenvalue weighted by atomic mass is 10.2. The summed E-state index contributed by atoms with van der Waals surface area (Å²) >= 11 is 7.48. The topological polar surface area (TPSA) is 42.2 Å². The van der Waals surface area contributed by atoms with Crippen LogP contribution in [0.2, 0.25) is 5.22 Å². The first kappa shape index (κ1) is 11.9. The summed E-state index contributed by atoms with van der Waals surface area (Å²) in [6.07, 6.45) is 5.37. The summed E-state index contributed by atoms with van der Waals surface area (Å²) in [4.78, 5) is 11.7. The third-order valence-corrected chi connectivity index (χ3v) is 4.15. The number of hydrogen-bond donors (Lipinski definition) is 1. The Morgan fingerprint density at radius 3 is 2.94 bits per heavy atom. The van der Waals surface area contributed by atoms with Gasteiger partial charge >= 0.3 is 0 Å². The van der Waals surface area contributed by atoms with Crippen LogP contribution in [0.4, 0.5) is 0 Å². The van der Waals surface area contributed by atoms with E-state index in [2.05, 4.69) is 11.6 Å². The summed E-state index contributed by atoms with van der Waals surface area (Å²) in [6, 6.07) is 3.45. The Hall–Kier alpha value is -0.610. The Labute approximate surface area is 104 Å². The number of rotatable bonds is 3. The van der Waals surface area contributed by atoms with Crippen LogP contribution in [0.15, 0.2) is 16.5 Å². The van der Waals surface area contributed by atoms with Crippen molar-refractivity contribution in [2.75, 3.05) is 6.26 Å². The van der Waals surface area contributed by atoms with E-state index < -0.39 is 0 Å². The van der Waals surface area contributed by atoms with Gasteiger partial charge < -0.3 is 9.73 Å². The zero-order valence-electron chi connectivity index (χ0n) is 9.03. The molecule has 1 heterocycles. The normalized spacial score (nSPS) is 24.6. The maximum Gasteiger partial charge on any atom is 0.287 e. The van der Waals surface area contributed by atoms with Crippen LogP contribution in [0.5, 0.6) is 0 Å². The van der Waals surface area contributed by atoms with Gasteiger partial charge in [-0.3, -0.25) is 4.79 Å². The number of carbonyl (C=O) groups is 1. The van der Waals surface area contributed by atoms with Crippen molar-refractivity contribution in [1.82, 2.24) is 5.32 Å². The second kappa shape index (κ2) is 5.15. The number of furan rings is 1. The van der Waals surface area contributed by atoms with Crippen molar-refractivity contribution >= 4 is 29.3 Å². The van der Waals surface area contributed by atoms with Crippen LogP contribution in [0.3, 0.4) is 0 Å². The fourth-order valence-electron chi connectivity index (χ4n) is 1.98. The van der Waals surface area contributed by atoms with Gasteiger partial charge in [-0.15, -0.1) is 0 Å². The van der Waals surface area contributed by atoms with E-state index >= 15 is 0 Å². The SMILES string of the molecule is CSC1CCC(NC(=O)c2ccc(Cl)o2)C1. The van der Waals surface area contributed by atoms with Crippen molar-refractivity contribution in [3.8, 4) is 0 Å². The number of nitrogens with one attached hydrogen (secondary N) is 1. The average molecular weight is 260 g/mol. The third kappa shape index (κ3) is 2.74. The molecule has 1 aliphatic carbocycles. The first-order chi connectivity index (χ1) is 7.69. The highest BCUT2D eigenvalue weighted by Crippen LogP contribution is 2.28. The van der Waals surface area contributed by atoms with Crippen LogP contribution in [-0.2, 0) is 0 Å². The largest absolute Gasteiger partial charge is 0.440 e. The van der Waals surface area contributed by atoms with Crippen LogP contribution < -0.4 is 5.32 Å². The minimum Gasteiger partial charge on any atom is -0.440 e. The molecule has 0 aliphatic heterocycles. The Balaban J connectivity index is 1.89. The molecule has 1 saturated carbocycles. The lowest BCUT2D eigenvalue weighted by Gasteiger charge is -2.11. The van der Waals surface area contributed by atoms with Gasteiger partial charge in [0, 0.05) is 11.3 Å². The lowest BCUT2D eigenvalue weighted by molar-refractivity contribution is 0.0910. The Morgan fingerprint density at radius 2 is 2.38 bits per heavy atom. The molecule has 0 spiro atoms. The van der Waals surface area contributed by atoms with E-state index in [0.29, 0.717) is 5.25 Å². The molecule has 2 atom stereocenters. The van der Waals surface area contributed by atoms with E-state index in [1.165, 1.54) is 6.42 Å². The molecule has 0 aromatic carbocycles. The number of carbonyl (C=O) groups excluding carboxylic acids is 1. The molecule has 0 saturated heterocycles. The molecule has 1 aromatic heterocycles. The highest BCUT2D eigenvalue weighted by molar-refractivity contribution is 7.99. The van der Waals surface area contributed by atoms with Crippen molar-refractivity contribution in [3.05, 3.63) is 23.1 Å². The summed E-state index contributed by atoms with van der Waals surface area (Å²) in [5.74, 6) is 0.122. The minimum absolute atomic E-state index is 0.168. The molecular formula is C11H14ClNO2S. The zero-order valence-corrected chi connectivity index (χ0v) is 10.6. The van der Waals surface area contributed by atoms with Gasteiger partial charge in [0.15, 0.2) is 11.0 Å². The Morgan fingerprint density at radius 1 is 1.56 bits per heavy atom. The molecule has 2 unspecified atom stereocenters.